The first kappa shape index (κ1) is 19.1. The predicted octanol–water partition coefficient (Wildman–Crippen LogP) is 4.18. The number of thioether (sulfide) groups is 1. The van der Waals surface area contributed by atoms with E-state index >= 15 is 0 Å². The van der Waals surface area contributed by atoms with Crippen molar-refractivity contribution < 1.29 is 13.9 Å². The summed E-state index contributed by atoms with van der Waals surface area (Å²) in [5.74, 6) is -0.395. The zero-order chi connectivity index (χ0) is 20.4. The van der Waals surface area contributed by atoms with Crippen LogP contribution in [0.4, 0.5) is 4.39 Å². The summed E-state index contributed by atoms with van der Waals surface area (Å²) >= 11 is 1.36. The molecule has 1 aromatic carbocycles. The standard InChI is InChI=1S/C21H17FN4O2S/c1-13-6-3-4-7-15(13)20(27)26-21(16-8-5-11-23-18(16)28-2)29-19(25-26)14-9-10-17(22)24-12-14/h3-12,21H,1-2H3. The van der Waals surface area contributed by atoms with Crippen molar-refractivity contribution in [3.05, 3.63) is 89.1 Å². The first-order valence-electron chi connectivity index (χ1n) is 8.84. The van der Waals surface area contributed by atoms with Gasteiger partial charge in [-0.05, 0) is 42.8 Å². The molecule has 1 unspecified atom stereocenters. The fraction of sp³-hybridized carbons (Fsp3) is 0.143. The van der Waals surface area contributed by atoms with Crippen molar-refractivity contribution in [3.63, 3.8) is 0 Å². The number of halogens is 1. The second-order valence-electron chi connectivity index (χ2n) is 6.31. The highest BCUT2D eigenvalue weighted by molar-refractivity contribution is 8.14. The van der Waals surface area contributed by atoms with E-state index < -0.39 is 11.3 Å². The molecular formula is C21H17FN4O2S. The average Bonchev–Trinajstić information content (AvgIpc) is 3.19. The van der Waals surface area contributed by atoms with Crippen LogP contribution in [0.2, 0.25) is 0 Å². The van der Waals surface area contributed by atoms with E-state index in [2.05, 4.69) is 15.1 Å². The molecule has 3 aromatic rings. The van der Waals surface area contributed by atoms with Crippen LogP contribution in [0.15, 0.2) is 66.0 Å². The lowest BCUT2D eigenvalue weighted by molar-refractivity contribution is 0.0747. The highest BCUT2D eigenvalue weighted by Gasteiger charge is 2.37. The van der Waals surface area contributed by atoms with Gasteiger partial charge in [0.05, 0.1) is 7.11 Å². The van der Waals surface area contributed by atoms with Crippen LogP contribution in [-0.2, 0) is 0 Å². The van der Waals surface area contributed by atoms with Gasteiger partial charge in [-0.25, -0.2) is 15.0 Å². The average molecular weight is 408 g/mol. The summed E-state index contributed by atoms with van der Waals surface area (Å²) in [6.45, 7) is 1.88. The molecule has 0 saturated carbocycles. The molecule has 1 amide bonds. The monoisotopic (exact) mass is 408 g/mol. The highest BCUT2D eigenvalue weighted by atomic mass is 32.2. The predicted molar refractivity (Wildman–Crippen MR) is 109 cm³/mol. The summed E-state index contributed by atoms with van der Waals surface area (Å²) in [5, 5.41) is 6.06. The molecule has 0 aliphatic carbocycles. The number of carbonyl (C=O) groups excluding carboxylic acids is 1. The number of aryl methyl sites for hydroxylation is 1. The van der Waals surface area contributed by atoms with Gasteiger partial charge < -0.3 is 4.74 Å². The van der Waals surface area contributed by atoms with Gasteiger partial charge in [0.15, 0.2) is 0 Å². The molecule has 6 nitrogen and oxygen atoms in total. The van der Waals surface area contributed by atoms with Gasteiger partial charge in [-0.1, -0.05) is 30.0 Å². The lowest BCUT2D eigenvalue weighted by Crippen LogP contribution is -2.27. The first-order valence-corrected chi connectivity index (χ1v) is 9.71. The minimum Gasteiger partial charge on any atom is -0.481 e. The Bertz CT molecular complexity index is 1090. The van der Waals surface area contributed by atoms with E-state index in [0.717, 1.165) is 11.1 Å². The Morgan fingerprint density at radius 1 is 1.14 bits per heavy atom. The molecule has 1 aliphatic rings. The number of nitrogens with zero attached hydrogens (tertiary/aromatic N) is 4. The van der Waals surface area contributed by atoms with E-state index in [1.54, 1.807) is 24.4 Å². The zero-order valence-corrected chi connectivity index (χ0v) is 16.6. The summed E-state index contributed by atoms with van der Waals surface area (Å²) in [6, 6.07) is 13.8. The number of methoxy groups -OCH3 is 1. The van der Waals surface area contributed by atoms with Crippen molar-refractivity contribution in [2.45, 2.75) is 12.3 Å². The number of pyridine rings is 2. The Hall–Kier alpha value is -3.26. The molecular weight excluding hydrogens is 391 g/mol. The van der Waals surface area contributed by atoms with Gasteiger partial charge in [0.2, 0.25) is 11.8 Å². The molecule has 2 aromatic heterocycles. The van der Waals surface area contributed by atoms with Crippen molar-refractivity contribution in [2.24, 2.45) is 5.10 Å². The van der Waals surface area contributed by atoms with Crippen LogP contribution >= 0.6 is 11.8 Å². The van der Waals surface area contributed by atoms with E-state index in [4.69, 9.17) is 4.74 Å². The molecule has 146 valence electrons. The molecule has 1 atom stereocenters. The third-order valence-electron chi connectivity index (χ3n) is 4.46. The van der Waals surface area contributed by atoms with Gasteiger partial charge in [0, 0.05) is 29.1 Å². The Morgan fingerprint density at radius 2 is 1.97 bits per heavy atom. The van der Waals surface area contributed by atoms with Crippen LogP contribution < -0.4 is 4.74 Å². The molecule has 1 aliphatic heterocycles. The van der Waals surface area contributed by atoms with Gasteiger partial charge in [0.1, 0.15) is 10.4 Å². The number of hydrogen-bond acceptors (Lipinski definition) is 6. The molecule has 0 radical (unpaired) electrons. The van der Waals surface area contributed by atoms with E-state index in [-0.39, 0.29) is 5.91 Å². The molecule has 0 spiro atoms. The first-order chi connectivity index (χ1) is 14.1. The molecule has 4 rings (SSSR count). The van der Waals surface area contributed by atoms with Gasteiger partial charge in [-0.2, -0.15) is 9.49 Å². The van der Waals surface area contributed by atoms with Gasteiger partial charge in [0.25, 0.3) is 5.91 Å². The van der Waals surface area contributed by atoms with Crippen molar-refractivity contribution in [3.8, 4) is 5.88 Å². The molecule has 0 bridgehead atoms. The van der Waals surface area contributed by atoms with E-state index in [0.29, 0.717) is 22.1 Å². The fourth-order valence-electron chi connectivity index (χ4n) is 3.00. The van der Waals surface area contributed by atoms with Crippen molar-refractivity contribution in [2.75, 3.05) is 7.11 Å². The Labute approximate surface area is 171 Å². The maximum absolute atomic E-state index is 13.4. The van der Waals surface area contributed by atoms with E-state index in [9.17, 15) is 9.18 Å². The van der Waals surface area contributed by atoms with Crippen molar-refractivity contribution >= 4 is 22.7 Å². The number of ether oxygens (including phenoxy) is 1. The zero-order valence-electron chi connectivity index (χ0n) is 15.7. The minimum absolute atomic E-state index is 0.239. The topological polar surface area (TPSA) is 67.7 Å². The molecule has 0 N–H and O–H groups in total. The maximum atomic E-state index is 13.4. The molecule has 0 fully saturated rings. The number of hydrogen-bond donors (Lipinski definition) is 0. The van der Waals surface area contributed by atoms with Gasteiger partial charge in [-0.15, -0.1) is 0 Å². The lowest BCUT2D eigenvalue weighted by atomic mass is 10.1. The van der Waals surface area contributed by atoms with Crippen LogP contribution in [-0.4, -0.2) is 33.0 Å². The second kappa shape index (κ2) is 8.00. The maximum Gasteiger partial charge on any atom is 0.275 e. The largest absolute Gasteiger partial charge is 0.481 e. The van der Waals surface area contributed by atoms with Crippen molar-refractivity contribution in [1.29, 1.82) is 0 Å². The van der Waals surface area contributed by atoms with Crippen LogP contribution in [0.3, 0.4) is 0 Å². The molecule has 0 saturated heterocycles. The highest BCUT2D eigenvalue weighted by Crippen LogP contribution is 2.44. The van der Waals surface area contributed by atoms with E-state index in [1.807, 2.05) is 31.2 Å². The third kappa shape index (κ3) is 3.71. The lowest BCUT2D eigenvalue weighted by Gasteiger charge is -2.22. The number of hydrazone groups is 1. The number of aromatic nitrogens is 2. The quantitative estimate of drug-likeness (QED) is 0.606. The van der Waals surface area contributed by atoms with Crippen LogP contribution in [0.5, 0.6) is 5.88 Å². The number of rotatable bonds is 4. The van der Waals surface area contributed by atoms with Crippen LogP contribution in [0.25, 0.3) is 0 Å². The second-order valence-corrected chi connectivity index (χ2v) is 7.38. The fourth-order valence-corrected chi connectivity index (χ4v) is 4.16. The summed E-state index contributed by atoms with van der Waals surface area (Å²) in [4.78, 5) is 21.3. The third-order valence-corrected chi connectivity index (χ3v) is 5.68. The van der Waals surface area contributed by atoms with Crippen LogP contribution in [0, 0.1) is 12.9 Å². The SMILES string of the molecule is COc1ncccc1C1SC(c2ccc(F)nc2)=NN1C(=O)c1ccccc1C. The number of amides is 1. The number of benzene rings is 1. The summed E-state index contributed by atoms with van der Waals surface area (Å²) < 4.78 is 18.6. The number of carbonyl (C=O) groups is 1. The normalized spacial score (nSPS) is 15.9. The smallest absolute Gasteiger partial charge is 0.275 e. The Morgan fingerprint density at radius 3 is 2.69 bits per heavy atom. The summed E-state index contributed by atoms with van der Waals surface area (Å²) in [7, 11) is 1.53. The molecule has 3 heterocycles. The van der Waals surface area contributed by atoms with E-state index in [1.165, 1.54) is 36.1 Å². The van der Waals surface area contributed by atoms with Gasteiger partial charge >= 0.3 is 0 Å². The summed E-state index contributed by atoms with van der Waals surface area (Å²) in [6.07, 6.45) is 3.03. The summed E-state index contributed by atoms with van der Waals surface area (Å²) in [5.41, 5.74) is 2.76. The van der Waals surface area contributed by atoms with Gasteiger partial charge in [-0.3, -0.25) is 4.79 Å². The molecule has 29 heavy (non-hydrogen) atoms. The van der Waals surface area contributed by atoms with Crippen LogP contribution in [0.1, 0.15) is 32.4 Å². The minimum atomic E-state index is -0.573. The molecule has 8 heteroatoms. The Kier molecular flexibility index (Phi) is 5.26. The van der Waals surface area contributed by atoms with Crippen molar-refractivity contribution in [1.82, 2.24) is 15.0 Å². The Balaban J connectivity index is 1.78.